The van der Waals surface area contributed by atoms with Crippen molar-refractivity contribution in [2.24, 2.45) is 0 Å². The van der Waals surface area contributed by atoms with Crippen LogP contribution in [0, 0.1) is 6.92 Å². The van der Waals surface area contributed by atoms with Gasteiger partial charge in [0.15, 0.2) is 0 Å². The third-order valence-electron chi connectivity index (χ3n) is 1.67. The maximum atomic E-state index is 5.77. The fraction of sp³-hybridized carbons (Fsp3) is 0.111. The van der Waals surface area contributed by atoms with Gasteiger partial charge in [-0.15, -0.1) is 0 Å². The van der Waals surface area contributed by atoms with E-state index < -0.39 is 0 Å². The quantitative estimate of drug-likeness (QED) is 0.620. The second-order valence-corrected chi connectivity index (χ2v) is 3.11. The topological polar surface area (TPSA) is 25.8 Å². The molecule has 2 aromatic heterocycles. The maximum Gasteiger partial charge on any atom is 0.0736 e. The van der Waals surface area contributed by atoms with Crippen LogP contribution in [0.2, 0.25) is 5.02 Å². The fourth-order valence-electron chi connectivity index (χ4n) is 1.10. The van der Waals surface area contributed by atoms with Gasteiger partial charge < -0.3 is 0 Å². The summed E-state index contributed by atoms with van der Waals surface area (Å²) in [6.07, 6.45) is 3.42. The minimum atomic E-state index is 0.646. The Kier molecular flexibility index (Phi) is 1.70. The van der Waals surface area contributed by atoms with E-state index in [-0.39, 0.29) is 0 Å². The fourth-order valence-corrected chi connectivity index (χ4v) is 1.26. The summed E-state index contributed by atoms with van der Waals surface area (Å²) in [5.74, 6) is 0. The average molecular weight is 179 g/mol. The summed E-state index contributed by atoms with van der Waals surface area (Å²) in [4.78, 5) is 8.32. The predicted octanol–water partition coefficient (Wildman–Crippen LogP) is 2.59. The molecule has 0 saturated carbocycles. The third kappa shape index (κ3) is 1.25. The van der Waals surface area contributed by atoms with E-state index in [1.807, 2.05) is 19.1 Å². The van der Waals surface area contributed by atoms with Crippen LogP contribution in [0.1, 0.15) is 5.69 Å². The van der Waals surface area contributed by atoms with E-state index >= 15 is 0 Å². The normalized spacial score (nSPS) is 10.5. The Hall–Kier alpha value is -1.15. The van der Waals surface area contributed by atoms with Crippen LogP contribution in [0.25, 0.3) is 10.9 Å². The smallest absolute Gasteiger partial charge is 0.0736 e. The Balaban J connectivity index is 2.79. The summed E-state index contributed by atoms with van der Waals surface area (Å²) in [7, 11) is 0. The summed E-state index contributed by atoms with van der Waals surface area (Å²) in [5, 5.41) is 1.63. The van der Waals surface area contributed by atoms with Crippen LogP contribution in [0.15, 0.2) is 24.5 Å². The van der Waals surface area contributed by atoms with Crippen molar-refractivity contribution in [2.45, 2.75) is 6.92 Å². The molecule has 12 heavy (non-hydrogen) atoms. The molecule has 0 aliphatic rings. The van der Waals surface area contributed by atoms with E-state index in [1.54, 1.807) is 12.4 Å². The first kappa shape index (κ1) is 7.50. The molecule has 0 fully saturated rings. The minimum Gasteiger partial charge on any atom is -0.261 e. The molecule has 0 saturated heterocycles. The first-order chi connectivity index (χ1) is 5.75. The van der Waals surface area contributed by atoms with Crippen molar-refractivity contribution in [3.63, 3.8) is 0 Å². The van der Waals surface area contributed by atoms with Gasteiger partial charge >= 0.3 is 0 Å². The van der Waals surface area contributed by atoms with E-state index in [4.69, 9.17) is 11.6 Å². The van der Waals surface area contributed by atoms with E-state index in [9.17, 15) is 0 Å². The van der Waals surface area contributed by atoms with Crippen LogP contribution in [0.5, 0.6) is 0 Å². The molecule has 2 nitrogen and oxygen atoms in total. The average Bonchev–Trinajstić information content (AvgIpc) is 2.05. The highest BCUT2D eigenvalue weighted by atomic mass is 35.5. The molecule has 0 aromatic carbocycles. The van der Waals surface area contributed by atoms with Crippen LogP contribution in [0.4, 0.5) is 0 Å². The van der Waals surface area contributed by atoms with Crippen molar-refractivity contribution < 1.29 is 0 Å². The third-order valence-corrected chi connectivity index (χ3v) is 1.88. The van der Waals surface area contributed by atoms with Crippen LogP contribution in [0.3, 0.4) is 0 Å². The zero-order chi connectivity index (χ0) is 8.55. The number of halogens is 1. The molecule has 2 rings (SSSR count). The SMILES string of the molecule is Cc1cc2ncc(Cl)cc2cn1. The van der Waals surface area contributed by atoms with Gasteiger partial charge in [-0.25, -0.2) is 0 Å². The lowest BCUT2D eigenvalue weighted by molar-refractivity contribution is 1.21. The largest absolute Gasteiger partial charge is 0.261 e. The van der Waals surface area contributed by atoms with Gasteiger partial charge in [-0.1, -0.05) is 11.6 Å². The summed E-state index contributed by atoms with van der Waals surface area (Å²) in [5.41, 5.74) is 1.91. The summed E-state index contributed by atoms with van der Waals surface area (Å²) < 4.78 is 0. The molecule has 0 aliphatic carbocycles. The highest BCUT2D eigenvalue weighted by Crippen LogP contribution is 2.15. The molecule has 0 unspecified atom stereocenters. The van der Waals surface area contributed by atoms with E-state index in [1.165, 1.54) is 0 Å². The first-order valence-electron chi connectivity index (χ1n) is 3.63. The van der Waals surface area contributed by atoms with Crippen molar-refractivity contribution in [1.82, 2.24) is 9.97 Å². The van der Waals surface area contributed by atoms with Crippen molar-refractivity contribution in [3.8, 4) is 0 Å². The van der Waals surface area contributed by atoms with Crippen LogP contribution in [-0.2, 0) is 0 Å². The van der Waals surface area contributed by atoms with Gasteiger partial charge in [0.25, 0.3) is 0 Å². The zero-order valence-electron chi connectivity index (χ0n) is 6.58. The number of nitrogens with zero attached hydrogens (tertiary/aromatic N) is 2. The van der Waals surface area contributed by atoms with E-state index in [0.29, 0.717) is 5.02 Å². The lowest BCUT2D eigenvalue weighted by Gasteiger charge is -1.97. The predicted molar refractivity (Wildman–Crippen MR) is 49.3 cm³/mol. The highest BCUT2D eigenvalue weighted by molar-refractivity contribution is 6.31. The van der Waals surface area contributed by atoms with Crippen LogP contribution in [-0.4, -0.2) is 9.97 Å². The summed E-state index contributed by atoms with van der Waals surface area (Å²) in [6.45, 7) is 1.94. The van der Waals surface area contributed by atoms with Crippen molar-refractivity contribution >= 4 is 22.5 Å². The molecule has 0 aliphatic heterocycles. The maximum absolute atomic E-state index is 5.77. The number of rotatable bonds is 0. The Morgan fingerprint density at radius 1 is 1.17 bits per heavy atom. The van der Waals surface area contributed by atoms with E-state index in [2.05, 4.69) is 9.97 Å². The molecule has 0 atom stereocenters. The van der Waals surface area contributed by atoms with Crippen molar-refractivity contribution in [2.75, 3.05) is 0 Å². The molecule has 3 heteroatoms. The van der Waals surface area contributed by atoms with Gasteiger partial charge in [-0.3, -0.25) is 9.97 Å². The number of pyridine rings is 2. The molecular formula is C9H7ClN2. The summed E-state index contributed by atoms with van der Waals surface area (Å²) in [6, 6.07) is 3.79. The first-order valence-corrected chi connectivity index (χ1v) is 4.01. The Bertz CT molecular complexity index is 385. The highest BCUT2D eigenvalue weighted by Gasteiger charge is 1.96. The minimum absolute atomic E-state index is 0.646. The molecule has 0 spiro atoms. The van der Waals surface area contributed by atoms with Crippen LogP contribution >= 0.6 is 11.6 Å². The number of fused-ring (bicyclic) bond motifs is 1. The molecule has 0 radical (unpaired) electrons. The molecule has 0 amide bonds. The van der Waals surface area contributed by atoms with Gasteiger partial charge in [-0.2, -0.15) is 0 Å². The number of hydrogen-bond acceptors (Lipinski definition) is 2. The number of aryl methyl sites for hydroxylation is 1. The molecular weight excluding hydrogens is 172 g/mol. The van der Waals surface area contributed by atoms with Crippen molar-refractivity contribution in [1.29, 1.82) is 0 Å². The van der Waals surface area contributed by atoms with Gasteiger partial charge in [0.05, 0.1) is 10.5 Å². The Morgan fingerprint density at radius 3 is 2.83 bits per heavy atom. The Morgan fingerprint density at radius 2 is 2.00 bits per heavy atom. The lowest BCUT2D eigenvalue weighted by Crippen LogP contribution is -1.83. The number of aromatic nitrogens is 2. The standard InChI is InChI=1S/C9H7ClN2/c1-6-2-9-7(4-11-6)3-8(10)5-12-9/h2-5H,1H3. The van der Waals surface area contributed by atoms with Crippen LogP contribution < -0.4 is 0 Å². The molecule has 2 aromatic rings. The zero-order valence-corrected chi connectivity index (χ0v) is 7.34. The lowest BCUT2D eigenvalue weighted by atomic mass is 10.2. The Labute approximate surface area is 75.2 Å². The monoisotopic (exact) mass is 178 g/mol. The molecule has 60 valence electrons. The molecule has 2 heterocycles. The van der Waals surface area contributed by atoms with Gasteiger partial charge in [-0.05, 0) is 19.1 Å². The number of hydrogen-bond donors (Lipinski definition) is 0. The van der Waals surface area contributed by atoms with Gasteiger partial charge in [0.1, 0.15) is 0 Å². The van der Waals surface area contributed by atoms with E-state index in [0.717, 1.165) is 16.6 Å². The van der Waals surface area contributed by atoms with Gasteiger partial charge in [0, 0.05) is 23.5 Å². The second-order valence-electron chi connectivity index (χ2n) is 2.67. The van der Waals surface area contributed by atoms with Crippen molar-refractivity contribution in [3.05, 3.63) is 35.2 Å². The summed E-state index contributed by atoms with van der Waals surface area (Å²) >= 11 is 5.77. The second kappa shape index (κ2) is 2.72. The molecule has 0 N–H and O–H groups in total. The molecule has 0 bridgehead atoms. The van der Waals surface area contributed by atoms with Gasteiger partial charge in [0.2, 0.25) is 0 Å².